The lowest BCUT2D eigenvalue weighted by Gasteiger charge is -2.05. The van der Waals surface area contributed by atoms with Gasteiger partial charge < -0.3 is 15.4 Å². The number of carbonyl (C=O) groups excluding carboxylic acids is 2. The molecule has 2 amide bonds. The molecule has 0 aliphatic rings. The van der Waals surface area contributed by atoms with E-state index in [1.165, 1.54) is 6.92 Å². The maximum absolute atomic E-state index is 11.7. The van der Waals surface area contributed by atoms with Crippen LogP contribution < -0.4 is 15.4 Å². The van der Waals surface area contributed by atoms with Crippen molar-refractivity contribution in [3.63, 3.8) is 0 Å². The first-order chi connectivity index (χ1) is 11.6. The van der Waals surface area contributed by atoms with Crippen LogP contribution in [0.3, 0.4) is 0 Å². The van der Waals surface area contributed by atoms with Crippen molar-refractivity contribution < 1.29 is 14.3 Å². The molecule has 2 rings (SSSR count). The van der Waals surface area contributed by atoms with Crippen molar-refractivity contribution in [1.82, 2.24) is 10.3 Å². The normalized spacial score (nSPS) is 9.38. The summed E-state index contributed by atoms with van der Waals surface area (Å²) in [5.41, 5.74) is 1.01. The van der Waals surface area contributed by atoms with Gasteiger partial charge in [0.05, 0.1) is 6.54 Å². The van der Waals surface area contributed by atoms with Crippen LogP contribution in [0.1, 0.15) is 17.4 Å². The largest absolute Gasteiger partial charge is 0.481 e. The SMILES string of the molecule is CC(=O)Nc1cccc(OCC#CCNC(=O)c2ccccn2)c1. The molecule has 0 saturated heterocycles. The van der Waals surface area contributed by atoms with Gasteiger partial charge in [-0.05, 0) is 24.3 Å². The molecule has 0 saturated carbocycles. The number of hydrogen-bond donors (Lipinski definition) is 2. The van der Waals surface area contributed by atoms with Gasteiger partial charge in [-0.25, -0.2) is 0 Å². The van der Waals surface area contributed by atoms with Crippen molar-refractivity contribution in [2.75, 3.05) is 18.5 Å². The molecule has 6 heteroatoms. The predicted octanol–water partition coefficient (Wildman–Crippen LogP) is 1.85. The molecule has 2 aromatic rings. The molecule has 0 bridgehead atoms. The third kappa shape index (κ3) is 5.81. The number of hydrogen-bond acceptors (Lipinski definition) is 4. The Hall–Kier alpha value is -3.33. The van der Waals surface area contributed by atoms with Crippen molar-refractivity contribution in [1.29, 1.82) is 0 Å². The van der Waals surface area contributed by atoms with Gasteiger partial charge >= 0.3 is 0 Å². The topological polar surface area (TPSA) is 80.3 Å². The number of nitrogens with zero attached hydrogens (tertiary/aromatic N) is 1. The number of pyridine rings is 1. The second-order valence-electron chi connectivity index (χ2n) is 4.75. The van der Waals surface area contributed by atoms with E-state index in [2.05, 4.69) is 27.5 Å². The minimum absolute atomic E-state index is 0.143. The summed E-state index contributed by atoms with van der Waals surface area (Å²) < 4.78 is 5.47. The average molecular weight is 323 g/mol. The van der Waals surface area contributed by atoms with Crippen LogP contribution >= 0.6 is 0 Å². The molecule has 1 aromatic heterocycles. The standard InChI is InChI=1S/C18H17N3O3/c1-14(22)21-15-7-6-8-16(13-15)24-12-5-4-11-20-18(23)17-9-2-3-10-19-17/h2-3,6-10,13H,11-12H2,1H3,(H,20,23)(H,21,22). The molecule has 2 N–H and O–H groups in total. The number of nitrogens with one attached hydrogen (secondary N) is 2. The maximum Gasteiger partial charge on any atom is 0.270 e. The average Bonchev–Trinajstić information content (AvgIpc) is 2.58. The van der Waals surface area contributed by atoms with Gasteiger partial charge in [0.1, 0.15) is 18.1 Å². The molecular formula is C18H17N3O3. The van der Waals surface area contributed by atoms with E-state index in [4.69, 9.17) is 4.74 Å². The van der Waals surface area contributed by atoms with Crippen LogP contribution in [0.25, 0.3) is 0 Å². The minimum atomic E-state index is -0.270. The van der Waals surface area contributed by atoms with Gasteiger partial charge in [-0.3, -0.25) is 14.6 Å². The van der Waals surface area contributed by atoms with Gasteiger partial charge in [-0.15, -0.1) is 0 Å². The van der Waals surface area contributed by atoms with Gasteiger partial charge in [0, 0.05) is 24.9 Å². The summed E-state index contributed by atoms with van der Waals surface area (Å²) in [5, 5.41) is 5.33. The molecule has 0 spiro atoms. The summed E-state index contributed by atoms with van der Waals surface area (Å²) in [6.45, 7) is 1.84. The molecule has 122 valence electrons. The number of anilines is 1. The van der Waals surface area contributed by atoms with Crippen molar-refractivity contribution in [2.24, 2.45) is 0 Å². The van der Waals surface area contributed by atoms with Crippen LogP contribution in [0.4, 0.5) is 5.69 Å². The van der Waals surface area contributed by atoms with Crippen molar-refractivity contribution in [3.05, 3.63) is 54.4 Å². The summed E-state index contributed by atoms with van der Waals surface area (Å²) in [7, 11) is 0. The number of benzene rings is 1. The highest BCUT2D eigenvalue weighted by atomic mass is 16.5. The number of aromatic nitrogens is 1. The summed E-state index contributed by atoms with van der Waals surface area (Å²) in [4.78, 5) is 26.7. The number of amides is 2. The van der Waals surface area contributed by atoms with Gasteiger partial charge in [0.15, 0.2) is 0 Å². The van der Waals surface area contributed by atoms with Crippen LogP contribution in [-0.2, 0) is 4.79 Å². The van der Waals surface area contributed by atoms with Crippen LogP contribution in [-0.4, -0.2) is 29.9 Å². The molecule has 0 aliphatic carbocycles. The second-order valence-corrected chi connectivity index (χ2v) is 4.75. The molecule has 0 unspecified atom stereocenters. The highest BCUT2D eigenvalue weighted by Gasteiger charge is 2.03. The van der Waals surface area contributed by atoms with Crippen LogP contribution in [0.15, 0.2) is 48.7 Å². The highest BCUT2D eigenvalue weighted by molar-refractivity contribution is 5.92. The fraction of sp³-hybridized carbons (Fsp3) is 0.167. The molecule has 0 aliphatic heterocycles. The molecule has 0 atom stereocenters. The Balaban J connectivity index is 1.74. The van der Waals surface area contributed by atoms with Gasteiger partial charge in [0.2, 0.25) is 5.91 Å². The Morgan fingerprint density at radius 2 is 2.04 bits per heavy atom. The zero-order valence-corrected chi connectivity index (χ0v) is 13.2. The first-order valence-electron chi connectivity index (χ1n) is 7.30. The monoisotopic (exact) mass is 323 g/mol. The van der Waals surface area contributed by atoms with Crippen molar-refractivity contribution >= 4 is 17.5 Å². The Morgan fingerprint density at radius 3 is 2.79 bits per heavy atom. The lowest BCUT2D eigenvalue weighted by molar-refractivity contribution is -0.114. The van der Waals surface area contributed by atoms with Gasteiger partial charge in [-0.1, -0.05) is 24.0 Å². The molecule has 0 radical (unpaired) electrons. The van der Waals surface area contributed by atoms with E-state index < -0.39 is 0 Å². The third-order valence-corrected chi connectivity index (χ3v) is 2.83. The summed E-state index contributed by atoms with van der Waals surface area (Å²) >= 11 is 0. The first kappa shape index (κ1) is 17.0. The van der Waals surface area contributed by atoms with Crippen LogP contribution in [0.5, 0.6) is 5.75 Å². The molecule has 24 heavy (non-hydrogen) atoms. The Bertz CT molecular complexity index is 764. The predicted molar refractivity (Wildman–Crippen MR) is 90.6 cm³/mol. The third-order valence-electron chi connectivity index (χ3n) is 2.83. The fourth-order valence-electron chi connectivity index (χ4n) is 1.81. The van der Waals surface area contributed by atoms with Crippen LogP contribution in [0, 0.1) is 11.8 Å². The Morgan fingerprint density at radius 1 is 1.17 bits per heavy atom. The zero-order valence-electron chi connectivity index (χ0n) is 13.2. The lowest BCUT2D eigenvalue weighted by Crippen LogP contribution is -2.24. The molecule has 6 nitrogen and oxygen atoms in total. The number of ether oxygens (including phenoxy) is 1. The minimum Gasteiger partial charge on any atom is -0.481 e. The molecule has 1 aromatic carbocycles. The number of carbonyl (C=O) groups is 2. The van der Waals surface area contributed by atoms with Gasteiger partial charge in [0.25, 0.3) is 5.91 Å². The second kappa shape index (κ2) is 8.96. The highest BCUT2D eigenvalue weighted by Crippen LogP contribution is 2.16. The Kier molecular flexibility index (Phi) is 6.35. The molecule has 0 fully saturated rings. The van der Waals surface area contributed by atoms with E-state index in [9.17, 15) is 9.59 Å². The summed E-state index contributed by atoms with van der Waals surface area (Å²) in [6, 6.07) is 12.2. The van der Waals surface area contributed by atoms with E-state index in [0.29, 0.717) is 17.1 Å². The zero-order chi connectivity index (χ0) is 17.2. The van der Waals surface area contributed by atoms with E-state index in [0.717, 1.165) is 0 Å². The quantitative estimate of drug-likeness (QED) is 0.823. The summed E-state index contributed by atoms with van der Waals surface area (Å²) in [6.07, 6.45) is 1.56. The van der Waals surface area contributed by atoms with Crippen LogP contribution in [0.2, 0.25) is 0 Å². The fourth-order valence-corrected chi connectivity index (χ4v) is 1.81. The van der Waals surface area contributed by atoms with E-state index >= 15 is 0 Å². The smallest absolute Gasteiger partial charge is 0.270 e. The Labute approximate surface area is 140 Å². The van der Waals surface area contributed by atoms with Gasteiger partial charge in [-0.2, -0.15) is 0 Å². The maximum atomic E-state index is 11.7. The lowest BCUT2D eigenvalue weighted by atomic mass is 10.3. The number of rotatable bonds is 5. The molecule has 1 heterocycles. The van der Waals surface area contributed by atoms with Crippen molar-refractivity contribution in [2.45, 2.75) is 6.92 Å². The first-order valence-corrected chi connectivity index (χ1v) is 7.30. The van der Waals surface area contributed by atoms with E-state index in [1.54, 1.807) is 48.7 Å². The van der Waals surface area contributed by atoms with Crippen molar-refractivity contribution in [3.8, 4) is 17.6 Å². The summed E-state index contributed by atoms with van der Waals surface area (Å²) in [5.74, 6) is 5.80. The van der Waals surface area contributed by atoms with E-state index in [1.807, 2.05) is 0 Å². The molecular weight excluding hydrogens is 306 g/mol. The van der Waals surface area contributed by atoms with E-state index in [-0.39, 0.29) is 25.0 Å².